The van der Waals surface area contributed by atoms with Gasteiger partial charge in [0.25, 0.3) is 5.79 Å². The molecular weight excluding hydrogens is 347 g/mol. The van der Waals surface area contributed by atoms with Crippen LogP contribution in [-0.2, 0) is 0 Å². The van der Waals surface area contributed by atoms with Crippen LogP contribution in [0.3, 0.4) is 0 Å². The zero-order valence-corrected chi connectivity index (χ0v) is 15.5. The maximum absolute atomic E-state index is 13.1. The Kier molecular flexibility index (Phi) is 4.42. The molecule has 2 aromatic rings. The van der Waals surface area contributed by atoms with Crippen molar-refractivity contribution in [2.45, 2.75) is 44.4 Å². The van der Waals surface area contributed by atoms with Gasteiger partial charge in [-0.2, -0.15) is 0 Å². The molecule has 0 saturated heterocycles. The molecule has 1 aliphatic heterocycles. The lowest BCUT2D eigenvalue weighted by Gasteiger charge is -2.25. The number of amides is 2. The molecule has 0 bridgehead atoms. The van der Waals surface area contributed by atoms with Gasteiger partial charge in [-0.15, -0.1) is 0 Å². The number of benzene rings is 2. The van der Waals surface area contributed by atoms with E-state index in [0.29, 0.717) is 11.4 Å². The molecule has 27 heavy (non-hydrogen) atoms. The van der Waals surface area contributed by atoms with Crippen molar-refractivity contribution in [3.05, 3.63) is 53.8 Å². The lowest BCUT2D eigenvalue weighted by Crippen LogP contribution is -2.34. The smallest absolute Gasteiger partial charge is 0.322 e. The normalized spacial score (nSPS) is 17.7. The summed E-state index contributed by atoms with van der Waals surface area (Å²) in [6, 6.07) is 11.2. The third kappa shape index (κ3) is 3.44. The minimum Gasteiger partial charge on any atom is -0.448 e. The fraction of sp³-hybridized carbons (Fsp3) is 0.381. The Bertz CT molecular complexity index is 847. The molecule has 2 amide bonds. The zero-order chi connectivity index (χ0) is 19.0. The number of ether oxygens (including phenoxy) is 2. The van der Waals surface area contributed by atoms with Gasteiger partial charge < -0.3 is 19.7 Å². The first kappa shape index (κ1) is 17.6. The van der Waals surface area contributed by atoms with Crippen LogP contribution < -0.4 is 14.8 Å². The van der Waals surface area contributed by atoms with Gasteiger partial charge in [0.1, 0.15) is 5.82 Å². The van der Waals surface area contributed by atoms with Gasteiger partial charge in [0.15, 0.2) is 11.5 Å². The Hall–Kier alpha value is -2.76. The molecular formula is C21H23FN2O3. The third-order valence-corrected chi connectivity index (χ3v) is 5.41. The predicted octanol–water partition coefficient (Wildman–Crippen LogP) is 5.09. The minimum absolute atomic E-state index is 0.193. The van der Waals surface area contributed by atoms with Crippen LogP contribution in [0.2, 0.25) is 0 Å². The topological polar surface area (TPSA) is 50.8 Å². The van der Waals surface area contributed by atoms with Crippen LogP contribution in [0.25, 0.3) is 0 Å². The molecule has 2 aliphatic rings. The number of hydrogen-bond acceptors (Lipinski definition) is 3. The van der Waals surface area contributed by atoms with Crippen molar-refractivity contribution in [2.75, 3.05) is 12.4 Å². The van der Waals surface area contributed by atoms with Crippen molar-refractivity contribution in [1.29, 1.82) is 0 Å². The van der Waals surface area contributed by atoms with E-state index >= 15 is 0 Å². The Labute approximate surface area is 158 Å². The summed E-state index contributed by atoms with van der Waals surface area (Å²) in [7, 11) is 1.71. The van der Waals surface area contributed by atoms with E-state index < -0.39 is 5.79 Å². The van der Waals surface area contributed by atoms with Crippen molar-refractivity contribution >= 4 is 11.7 Å². The molecule has 2 aromatic carbocycles. The van der Waals surface area contributed by atoms with Gasteiger partial charge in [0.2, 0.25) is 0 Å². The number of halogens is 1. The van der Waals surface area contributed by atoms with Gasteiger partial charge in [-0.05, 0) is 49.6 Å². The molecule has 142 valence electrons. The van der Waals surface area contributed by atoms with Gasteiger partial charge in [-0.1, -0.05) is 12.1 Å². The van der Waals surface area contributed by atoms with Crippen LogP contribution >= 0.6 is 0 Å². The molecule has 1 aliphatic carbocycles. The minimum atomic E-state index is -0.515. The van der Waals surface area contributed by atoms with Gasteiger partial charge >= 0.3 is 6.03 Å². The second kappa shape index (κ2) is 6.76. The molecule has 1 saturated carbocycles. The molecule has 6 heteroatoms. The first-order chi connectivity index (χ1) is 13.0. The van der Waals surface area contributed by atoms with Gasteiger partial charge in [0.05, 0.1) is 6.04 Å². The highest BCUT2D eigenvalue weighted by atomic mass is 19.1. The van der Waals surface area contributed by atoms with E-state index in [0.717, 1.165) is 37.0 Å². The first-order valence-electron chi connectivity index (χ1n) is 9.27. The molecule has 1 heterocycles. The lowest BCUT2D eigenvalue weighted by molar-refractivity contribution is -0.0716. The lowest BCUT2D eigenvalue weighted by atomic mass is 10.1. The van der Waals surface area contributed by atoms with E-state index in [9.17, 15) is 9.18 Å². The molecule has 1 atom stereocenters. The average Bonchev–Trinajstić information content (AvgIpc) is 3.26. The largest absolute Gasteiger partial charge is 0.448 e. The first-order valence-corrected chi connectivity index (χ1v) is 9.27. The van der Waals surface area contributed by atoms with E-state index in [4.69, 9.17) is 9.47 Å². The van der Waals surface area contributed by atoms with E-state index in [2.05, 4.69) is 5.32 Å². The number of rotatable bonds is 3. The highest BCUT2D eigenvalue weighted by Gasteiger charge is 2.44. The van der Waals surface area contributed by atoms with Crippen LogP contribution in [0.4, 0.5) is 14.9 Å². The Morgan fingerprint density at radius 2 is 1.78 bits per heavy atom. The van der Waals surface area contributed by atoms with E-state index in [1.165, 1.54) is 12.1 Å². The molecule has 0 radical (unpaired) electrons. The summed E-state index contributed by atoms with van der Waals surface area (Å²) in [5, 5.41) is 2.89. The van der Waals surface area contributed by atoms with Crippen LogP contribution in [-0.4, -0.2) is 23.8 Å². The third-order valence-electron chi connectivity index (χ3n) is 5.41. The number of carbonyl (C=O) groups is 1. The van der Waals surface area contributed by atoms with Crippen molar-refractivity contribution in [3.63, 3.8) is 0 Å². The predicted molar refractivity (Wildman–Crippen MR) is 100 cm³/mol. The van der Waals surface area contributed by atoms with Crippen molar-refractivity contribution in [3.8, 4) is 11.5 Å². The molecule has 1 N–H and O–H groups in total. The van der Waals surface area contributed by atoms with E-state index in [1.807, 2.05) is 19.1 Å². The number of fused-ring (bicyclic) bond motifs is 1. The highest BCUT2D eigenvalue weighted by Crippen LogP contribution is 2.47. The standard InChI is InChI=1S/C21H23FN2O3/c1-14(15-5-7-16(22)8-6-15)24(2)20(25)23-17-9-10-18-19(13-17)27-21(26-18)11-3-4-12-21/h5-10,13-14H,3-4,11-12H2,1-2H3,(H,23,25). The quantitative estimate of drug-likeness (QED) is 0.818. The summed E-state index contributed by atoms with van der Waals surface area (Å²) in [5.74, 6) is 0.587. The van der Waals surface area contributed by atoms with Gasteiger partial charge in [-0.25, -0.2) is 9.18 Å². The van der Waals surface area contributed by atoms with Gasteiger partial charge in [-0.3, -0.25) is 0 Å². The molecule has 1 unspecified atom stereocenters. The van der Waals surface area contributed by atoms with Gasteiger partial charge in [0, 0.05) is 31.6 Å². The monoisotopic (exact) mass is 370 g/mol. The summed E-state index contributed by atoms with van der Waals surface area (Å²) in [5.41, 5.74) is 1.51. The summed E-state index contributed by atoms with van der Waals surface area (Å²) in [6.07, 6.45) is 3.98. The van der Waals surface area contributed by atoms with Crippen molar-refractivity contribution < 1.29 is 18.7 Å². The van der Waals surface area contributed by atoms with Crippen LogP contribution in [0.5, 0.6) is 11.5 Å². The number of hydrogen-bond donors (Lipinski definition) is 1. The number of urea groups is 1. The maximum atomic E-state index is 13.1. The molecule has 4 rings (SSSR count). The molecule has 1 spiro atoms. The number of nitrogens with zero attached hydrogens (tertiary/aromatic N) is 1. The van der Waals surface area contributed by atoms with E-state index in [1.54, 1.807) is 30.1 Å². The Balaban J connectivity index is 1.43. The summed E-state index contributed by atoms with van der Waals surface area (Å²) in [4.78, 5) is 14.2. The van der Waals surface area contributed by atoms with Crippen LogP contribution in [0.15, 0.2) is 42.5 Å². The zero-order valence-electron chi connectivity index (χ0n) is 15.5. The summed E-state index contributed by atoms with van der Waals surface area (Å²) < 4.78 is 25.1. The Morgan fingerprint density at radius 1 is 1.11 bits per heavy atom. The highest BCUT2D eigenvalue weighted by molar-refractivity contribution is 5.89. The molecule has 1 fully saturated rings. The fourth-order valence-corrected chi connectivity index (χ4v) is 3.64. The molecule has 0 aromatic heterocycles. The fourth-order valence-electron chi connectivity index (χ4n) is 3.64. The summed E-state index contributed by atoms with van der Waals surface area (Å²) in [6.45, 7) is 1.90. The van der Waals surface area contributed by atoms with Crippen LogP contribution in [0.1, 0.15) is 44.2 Å². The number of nitrogens with one attached hydrogen (secondary N) is 1. The van der Waals surface area contributed by atoms with Crippen molar-refractivity contribution in [2.24, 2.45) is 0 Å². The number of anilines is 1. The SMILES string of the molecule is CC(c1ccc(F)cc1)N(C)C(=O)Nc1ccc2c(c1)OC1(CCCC1)O2. The number of carbonyl (C=O) groups excluding carboxylic acids is 1. The van der Waals surface area contributed by atoms with E-state index in [-0.39, 0.29) is 17.9 Å². The molecule has 5 nitrogen and oxygen atoms in total. The maximum Gasteiger partial charge on any atom is 0.322 e. The Morgan fingerprint density at radius 3 is 2.48 bits per heavy atom. The van der Waals surface area contributed by atoms with Crippen LogP contribution in [0, 0.1) is 5.82 Å². The average molecular weight is 370 g/mol. The summed E-state index contributed by atoms with van der Waals surface area (Å²) >= 11 is 0. The second-order valence-electron chi connectivity index (χ2n) is 7.25. The second-order valence-corrected chi connectivity index (χ2v) is 7.25. The van der Waals surface area contributed by atoms with Crippen molar-refractivity contribution in [1.82, 2.24) is 4.90 Å².